The van der Waals surface area contributed by atoms with Gasteiger partial charge in [0.15, 0.2) is 0 Å². The highest BCUT2D eigenvalue weighted by molar-refractivity contribution is 9.10. The van der Waals surface area contributed by atoms with Crippen LogP contribution in [0.2, 0.25) is 0 Å². The SMILES string of the molecule is C=C(/C=C\C=C/C)c1ccc(-c2ccc3c4ccccc4n(-c4ccccc4)c3c2)c(Br)c1. The van der Waals surface area contributed by atoms with E-state index in [1.165, 1.54) is 33.1 Å². The van der Waals surface area contributed by atoms with E-state index in [0.717, 1.165) is 21.2 Å². The maximum Gasteiger partial charge on any atom is 0.0547 e. The molecule has 0 aliphatic heterocycles. The largest absolute Gasteiger partial charge is 0.309 e. The minimum atomic E-state index is 0.986. The Balaban J connectivity index is 1.65. The molecule has 5 aromatic rings. The molecule has 4 aromatic carbocycles. The average molecular weight is 490 g/mol. The Kier molecular flexibility index (Phi) is 5.85. The van der Waals surface area contributed by atoms with Gasteiger partial charge < -0.3 is 4.57 Å². The smallest absolute Gasteiger partial charge is 0.0547 e. The zero-order chi connectivity index (χ0) is 22.8. The van der Waals surface area contributed by atoms with Crippen molar-refractivity contribution < 1.29 is 0 Å². The number of rotatable bonds is 5. The van der Waals surface area contributed by atoms with E-state index in [-0.39, 0.29) is 0 Å². The molecule has 0 saturated heterocycles. The number of nitrogens with zero attached hydrogens (tertiary/aromatic N) is 1. The Bertz CT molecular complexity index is 1530. The maximum absolute atomic E-state index is 4.21. The van der Waals surface area contributed by atoms with E-state index in [2.05, 4.69) is 118 Å². The minimum absolute atomic E-state index is 0.986. The number of aromatic nitrogens is 1. The van der Waals surface area contributed by atoms with Crippen LogP contribution in [0.25, 0.3) is 44.2 Å². The normalized spacial score (nSPS) is 11.8. The van der Waals surface area contributed by atoms with Crippen molar-refractivity contribution >= 4 is 43.3 Å². The zero-order valence-electron chi connectivity index (χ0n) is 18.5. The molecule has 0 aliphatic carbocycles. The molecular formula is C31H24BrN. The van der Waals surface area contributed by atoms with Crippen LogP contribution in [0, 0.1) is 0 Å². The van der Waals surface area contributed by atoms with Crippen LogP contribution in [-0.2, 0) is 0 Å². The lowest BCUT2D eigenvalue weighted by Gasteiger charge is -2.11. The second-order valence-electron chi connectivity index (χ2n) is 8.02. The summed E-state index contributed by atoms with van der Waals surface area (Å²) in [6.45, 7) is 6.21. The summed E-state index contributed by atoms with van der Waals surface area (Å²) in [6, 6.07) is 32.4. The van der Waals surface area contributed by atoms with Gasteiger partial charge in [-0.3, -0.25) is 0 Å². The Labute approximate surface area is 203 Å². The summed E-state index contributed by atoms with van der Waals surface area (Å²) in [5.74, 6) is 0. The maximum atomic E-state index is 4.21. The first-order valence-electron chi connectivity index (χ1n) is 11.0. The summed E-state index contributed by atoms with van der Waals surface area (Å²) in [5, 5.41) is 2.52. The molecule has 0 atom stereocenters. The monoisotopic (exact) mass is 489 g/mol. The van der Waals surface area contributed by atoms with Gasteiger partial charge in [-0.2, -0.15) is 0 Å². The van der Waals surface area contributed by atoms with Crippen LogP contribution in [0.3, 0.4) is 0 Å². The summed E-state index contributed by atoms with van der Waals surface area (Å²) < 4.78 is 3.41. The fourth-order valence-corrected chi connectivity index (χ4v) is 4.93. The van der Waals surface area contributed by atoms with Gasteiger partial charge in [0.05, 0.1) is 11.0 Å². The number of hydrogen-bond acceptors (Lipinski definition) is 0. The third-order valence-electron chi connectivity index (χ3n) is 5.94. The van der Waals surface area contributed by atoms with E-state index in [1.807, 2.05) is 31.2 Å². The number of hydrogen-bond donors (Lipinski definition) is 0. The van der Waals surface area contributed by atoms with Crippen molar-refractivity contribution in [2.75, 3.05) is 0 Å². The van der Waals surface area contributed by atoms with E-state index in [0.29, 0.717) is 0 Å². The van der Waals surface area contributed by atoms with Crippen LogP contribution in [0.5, 0.6) is 0 Å². The van der Waals surface area contributed by atoms with E-state index in [1.54, 1.807) is 0 Å². The van der Waals surface area contributed by atoms with Crippen LogP contribution in [0.4, 0.5) is 0 Å². The number of halogens is 1. The van der Waals surface area contributed by atoms with Crippen molar-refractivity contribution in [1.29, 1.82) is 0 Å². The van der Waals surface area contributed by atoms with Gasteiger partial charge in [0, 0.05) is 20.9 Å². The average Bonchev–Trinajstić information content (AvgIpc) is 3.18. The molecule has 0 aliphatic rings. The van der Waals surface area contributed by atoms with Crippen LogP contribution >= 0.6 is 15.9 Å². The first-order valence-corrected chi connectivity index (χ1v) is 11.8. The molecule has 0 saturated carbocycles. The second kappa shape index (κ2) is 9.09. The molecular weight excluding hydrogens is 466 g/mol. The summed E-state index contributed by atoms with van der Waals surface area (Å²) in [5.41, 5.74) is 8.01. The Morgan fingerprint density at radius 1 is 0.788 bits per heavy atom. The third-order valence-corrected chi connectivity index (χ3v) is 6.60. The van der Waals surface area contributed by atoms with Crippen LogP contribution in [0.1, 0.15) is 12.5 Å². The molecule has 0 amide bonds. The molecule has 33 heavy (non-hydrogen) atoms. The van der Waals surface area contributed by atoms with Gasteiger partial charge >= 0.3 is 0 Å². The predicted octanol–water partition coefficient (Wildman–Crippen LogP) is 9.36. The molecule has 0 unspecified atom stereocenters. The lowest BCUT2D eigenvalue weighted by molar-refractivity contribution is 1.18. The Hall–Kier alpha value is -3.62. The Morgan fingerprint density at radius 2 is 1.55 bits per heavy atom. The lowest BCUT2D eigenvalue weighted by Crippen LogP contribution is -1.93. The quantitative estimate of drug-likeness (QED) is 0.216. The fourth-order valence-electron chi connectivity index (χ4n) is 4.32. The lowest BCUT2D eigenvalue weighted by atomic mass is 9.99. The van der Waals surface area contributed by atoms with Crippen molar-refractivity contribution in [1.82, 2.24) is 4.57 Å². The number of fused-ring (bicyclic) bond motifs is 3. The van der Waals surface area contributed by atoms with Gasteiger partial charge in [-0.05, 0) is 59.5 Å². The van der Waals surface area contributed by atoms with Gasteiger partial charge in [0.2, 0.25) is 0 Å². The van der Waals surface area contributed by atoms with Crippen molar-refractivity contribution in [2.24, 2.45) is 0 Å². The zero-order valence-corrected chi connectivity index (χ0v) is 20.1. The van der Waals surface area contributed by atoms with Crippen LogP contribution in [0.15, 0.2) is 126 Å². The van der Waals surface area contributed by atoms with Gasteiger partial charge in [-0.15, -0.1) is 0 Å². The molecule has 0 N–H and O–H groups in total. The topological polar surface area (TPSA) is 4.93 Å². The molecule has 1 heterocycles. The standard InChI is InChI=1S/C31H24BrN/c1-3-4-6-11-22(2)23-16-18-26(29(32)20-23)24-17-19-28-27-14-9-10-15-30(27)33(31(28)21-24)25-12-7-5-8-13-25/h3-21H,2H2,1H3/b4-3-,11-6-. The van der Waals surface area contributed by atoms with Gasteiger partial charge in [-0.25, -0.2) is 0 Å². The fraction of sp³-hybridized carbons (Fsp3) is 0.0323. The van der Waals surface area contributed by atoms with Crippen molar-refractivity contribution in [3.63, 3.8) is 0 Å². The van der Waals surface area contributed by atoms with Crippen LogP contribution in [-0.4, -0.2) is 4.57 Å². The van der Waals surface area contributed by atoms with E-state index >= 15 is 0 Å². The van der Waals surface area contributed by atoms with E-state index < -0.39 is 0 Å². The number of benzene rings is 4. The number of para-hydroxylation sites is 2. The molecule has 5 rings (SSSR count). The summed E-state index contributed by atoms with van der Waals surface area (Å²) in [7, 11) is 0. The third kappa shape index (κ3) is 3.99. The molecule has 1 aromatic heterocycles. The van der Waals surface area contributed by atoms with Crippen LogP contribution < -0.4 is 0 Å². The van der Waals surface area contributed by atoms with Gasteiger partial charge in [-0.1, -0.05) is 107 Å². The first kappa shape index (κ1) is 21.2. The van der Waals surface area contributed by atoms with Crippen molar-refractivity contribution in [2.45, 2.75) is 6.92 Å². The van der Waals surface area contributed by atoms with Gasteiger partial charge in [0.25, 0.3) is 0 Å². The van der Waals surface area contributed by atoms with E-state index in [4.69, 9.17) is 0 Å². The highest BCUT2D eigenvalue weighted by atomic mass is 79.9. The molecule has 0 bridgehead atoms. The molecule has 160 valence electrons. The summed E-state index contributed by atoms with van der Waals surface area (Å²) >= 11 is 3.81. The molecule has 0 radical (unpaired) electrons. The molecule has 0 spiro atoms. The van der Waals surface area contributed by atoms with Crippen molar-refractivity contribution in [3.8, 4) is 16.8 Å². The first-order chi connectivity index (χ1) is 16.2. The van der Waals surface area contributed by atoms with E-state index in [9.17, 15) is 0 Å². The summed E-state index contributed by atoms with van der Waals surface area (Å²) in [4.78, 5) is 0. The van der Waals surface area contributed by atoms with Crippen molar-refractivity contribution in [3.05, 3.63) is 132 Å². The number of allylic oxidation sites excluding steroid dienone is 5. The second-order valence-corrected chi connectivity index (χ2v) is 8.88. The predicted molar refractivity (Wildman–Crippen MR) is 147 cm³/mol. The Morgan fingerprint density at radius 3 is 2.33 bits per heavy atom. The highest BCUT2D eigenvalue weighted by Gasteiger charge is 2.14. The highest BCUT2D eigenvalue weighted by Crippen LogP contribution is 2.37. The summed E-state index contributed by atoms with van der Waals surface area (Å²) in [6.07, 6.45) is 8.07. The molecule has 2 heteroatoms. The minimum Gasteiger partial charge on any atom is -0.309 e. The molecule has 0 fully saturated rings. The molecule has 1 nitrogen and oxygen atoms in total. The van der Waals surface area contributed by atoms with Gasteiger partial charge in [0.1, 0.15) is 0 Å².